The molecule has 0 amide bonds. The van der Waals surface area contributed by atoms with Gasteiger partial charge in [0.15, 0.2) is 17.0 Å². The Morgan fingerprint density at radius 3 is 2.83 bits per heavy atom. The van der Waals surface area contributed by atoms with Gasteiger partial charge >= 0.3 is 0 Å². The average molecular weight is 469 g/mol. The van der Waals surface area contributed by atoms with Gasteiger partial charge < -0.3 is 15.5 Å². The van der Waals surface area contributed by atoms with Gasteiger partial charge in [0.05, 0.1) is 17.6 Å². The minimum absolute atomic E-state index is 0.114. The van der Waals surface area contributed by atoms with Crippen LogP contribution in [0.4, 0.5) is 11.6 Å². The highest BCUT2D eigenvalue weighted by Crippen LogP contribution is 2.50. The molecule has 3 aromatic rings. The summed E-state index contributed by atoms with van der Waals surface area (Å²) in [6.45, 7) is 8.49. The van der Waals surface area contributed by atoms with Gasteiger partial charge in [0.25, 0.3) is 0 Å². The van der Waals surface area contributed by atoms with Crippen LogP contribution < -0.4 is 15.5 Å². The molecule has 8 nitrogen and oxygen atoms in total. The van der Waals surface area contributed by atoms with E-state index in [0.29, 0.717) is 5.65 Å². The standard InChI is InChI=1S/C27H32N8/c1-3-7-21-20(29-2)10-6-13-35(21)26-23-25(32-33-26)31-22(17-30-23)34-14-11-27(12-15-34)16-18-8-4-5-9-19(18)24(27)28/h3-5,7-9,17,24H,2,6,10-16,28H2,1H3,(H,31,32,33)/b7-3-. The van der Waals surface area contributed by atoms with Crippen molar-refractivity contribution in [1.82, 2.24) is 20.2 Å². The van der Waals surface area contributed by atoms with Crippen molar-refractivity contribution in [3.8, 4) is 0 Å². The van der Waals surface area contributed by atoms with Crippen molar-refractivity contribution in [3.05, 3.63) is 65.1 Å². The number of hydrogen-bond acceptors (Lipinski definition) is 7. The Kier molecular flexibility index (Phi) is 5.40. The van der Waals surface area contributed by atoms with Crippen LogP contribution in [0.5, 0.6) is 0 Å². The first-order valence-electron chi connectivity index (χ1n) is 12.5. The number of nitrogens with one attached hydrogen (secondary N) is 1. The molecule has 1 unspecified atom stereocenters. The molecule has 0 bridgehead atoms. The van der Waals surface area contributed by atoms with E-state index >= 15 is 0 Å². The fraction of sp³-hybridized carbons (Fsp3) is 0.407. The number of nitrogens with two attached hydrogens (primary N) is 1. The van der Waals surface area contributed by atoms with Crippen LogP contribution in [-0.2, 0) is 6.42 Å². The molecule has 1 atom stereocenters. The van der Waals surface area contributed by atoms with Gasteiger partial charge in [0.2, 0.25) is 0 Å². The highest BCUT2D eigenvalue weighted by atomic mass is 15.3. The van der Waals surface area contributed by atoms with E-state index in [9.17, 15) is 0 Å². The van der Waals surface area contributed by atoms with Gasteiger partial charge in [-0.15, -0.1) is 0 Å². The van der Waals surface area contributed by atoms with Crippen molar-refractivity contribution in [3.63, 3.8) is 0 Å². The molecule has 0 radical (unpaired) electrons. The highest BCUT2D eigenvalue weighted by Gasteiger charge is 2.46. The Labute approximate surface area is 205 Å². The molecular weight excluding hydrogens is 436 g/mol. The van der Waals surface area contributed by atoms with E-state index in [-0.39, 0.29) is 11.5 Å². The molecule has 2 aliphatic heterocycles. The lowest BCUT2D eigenvalue weighted by Crippen LogP contribution is -2.44. The summed E-state index contributed by atoms with van der Waals surface area (Å²) in [4.78, 5) is 18.5. The van der Waals surface area contributed by atoms with Crippen LogP contribution in [0.2, 0.25) is 0 Å². The van der Waals surface area contributed by atoms with Crippen LogP contribution in [0.25, 0.3) is 11.2 Å². The Bertz CT molecular complexity index is 1330. The number of aromatic amines is 1. The number of fused-ring (bicyclic) bond motifs is 2. The minimum atomic E-state index is 0.114. The SMILES string of the molecule is C=NC1=C(/C=C\C)N(c2n[nH]c3nc(N4CCC5(CC4)Cc4ccccc4C5N)cnc23)CCC1. The second-order valence-corrected chi connectivity index (χ2v) is 9.92. The topological polar surface area (TPSA) is 99.3 Å². The van der Waals surface area contributed by atoms with Gasteiger partial charge in [-0.05, 0) is 68.4 Å². The molecule has 0 saturated carbocycles. The van der Waals surface area contributed by atoms with Gasteiger partial charge in [-0.1, -0.05) is 30.3 Å². The number of benzene rings is 1. The molecule has 1 aliphatic carbocycles. The van der Waals surface area contributed by atoms with E-state index < -0.39 is 0 Å². The lowest BCUT2D eigenvalue weighted by atomic mass is 9.73. The largest absolute Gasteiger partial charge is 0.355 e. The van der Waals surface area contributed by atoms with Crippen molar-refractivity contribution >= 4 is 29.5 Å². The normalized spacial score (nSPS) is 21.9. The number of piperidine rings is 1. The molecule has 8 heteroatoms. The highest BCUT2D eigenvalue weighted by molar-refractivity contribution is 5.85. The van der Waals surface area contributed by atoms with Crippen molar-refractivity contribution in [2.24, 2.45) is 16.1 Å². The first-order valence-corrected chi connectivity index (χ1v) is 12.5. The van der Waals surface area contributed by atoms with Crippen molar-refractivity contribution in [1.29, 1.82) is 0 Å². The molecule has 35 heavy (non-hydrogen) atoms. The van der Waals surface area contributed by atoms with E-state index in [1.165, 1.54) is 11.1 Å². The van der Waals surface area contributed by atoms with Crippen LogP contribution in [0, 0.1) is 5.41 Å². The van der Waals surface area contributed by atoms with Gasteiger partial charge in [-0.25, -0.2) is 9.97 Å². The summed E-state index contributed by atoms with van der Waals surface area (Å²) in [7, 11) is 0. The molecule has 1 fully saturated rings. The van der Waals surface area contributed by atoms with E-state index in [4.69, 9.17) is 15.7 Å². The predicted octanol–water partition coefficient (Wildman–Crippen LogP) is 4.28. The van der Waals surface area contributed by atoms with Crippen molar-refractivity contribution in [2.75, 3.05) is 29.4 Å². The first kappa shape index (κ1) is 22.0. The number of H-pyrrole nitrogens is 1. The van der Waals surface area contributed by atoms with Crippen LogP contribution >= 0.6 is 0 Å². The molecule has 2 aromatic heterocycles. The summed E-state index contributed by atoms with van der Waals surface area (Å²) in [6.07, 6.45) is 11.1. The summed E-state index contributed by atoms with van der Waals surface area (Å²) in [5.41, 5.74) is 13.2. The monoisotopic (exact) mass is 468 g/mol. The molecule has 1 spiro atoms. The maximum absolute atomic E-state index is 6.76. The van der Waals surface area contributed by atoms with E-state index in [1.807, 2.05) is 19.2 Å². The molecule has 1 saturated heterocycles. The number of rotatable bonds is 4. The fourth-order valence-corrected chi connectivity index (χ4v) is 6.14. The molecule has 4 heterocycles. The number of nitrogens with zero attached hydrogens (tertiary/aromatic N) is 6. The Balaban J connectivity index is 1.23. The Hall–Kier alpha value is -3.52. The first-order chi connectivity index (χ1) is 17.1. The fourth-order valence-electron chi connectivity index (χ4n) is 6.14. The molecular formula is C27H32N8. The Morgan fingerprint density at radius 1 is 1.23 bits per heavy atom. The van der Waals surface area contributed by atoms with Crippen LogP contribution in [0.3, 0.4) is 0 Å². The molecule has 1 aromatic carbocycles. The third kappa shape index (κ3) is 3.55. The van der Waals surface area contributed by atoms with Crippen LogP contribution in [-0.4, -0.2) is 46.5 Å². The molecule has 3 aliphatic rings. The molecule has 180 valence electrons. The number of aliphatic imine (C=N–C) groups is 1. The number of allylic oxidation sites excluding steroid dienone is 3. The number of aromatic nitrogens is 4. The van der Waals surface area contributed by atoms with Gasteiger partial charge in [-0.2, -0.15) is 5.10 Å². The Morgan fingerprint density at radius 2 is 2.06 bits per heavy atom. The number of hydrogen-bond donors (Lipinski definition) is 2. The zero-order chi connectivity index (χ0) is 24.0. The number of anilines is 2. The summed E-state index contributed by atoms with van der Waals surface area (Å²) in [5.74, 6) is 1.68. The quantitative estimate of drug-likeness (QED) is 0.555. The predicted molar refractivity (Wildman–Crippen MR) is 141 cm³/mol. The minimum Gasteiger partial charge on any atom is -0.355 e. The molecule has 3 N–H and O–H groups in total. The van der Waals surface area contributed by atoms with Crippen molar-refractivity contribution < 1.29 is 0 Å². The lowest BCUT2D eigenvalue weighted by Gasteiger charge is -2.42. The zero-order valence-electron chi connectivity index (χ0n) is 20.2. The van der Waals surface area contributed by atoms with Crippen molar-refractivity contribution in [2.45, 2.75) is 45.1 Å². The van der Waals surface area contributed by atoms with E-state index in [0.717, 1.165) is 80.3 Å². The summed E-state index contributed by atoms with van der Waals surface area (Å²) in [5, 5.41) is 7.73. The molecule has 6 rings (SSSR count). The van der Waals surface area contributed by atoms with E-state index in [2.05, 4.69) is 62.0 Å². The van der Waals surface area contributed by atoms with Crippen LogP contribution in [0.1, 0.15) is 49.8 Å². The second-order valence-electron chi connectivity index (χ2n) is 9.92. The van der Waals surface area contributed by atoms with Crippen LogP contribution in [0.15, 0.2) is 59.0 Å². The second kappa shape index (κ2) is 8.61. The van der Waals surface area contributed by atoms with Gasteiger partial charge in [-0.3, -0.25) is 10.1 Å². The maximum Gasteiger partial charge on any atom is 0.183 e. The summed E-state index contributed by atoms with van der Waals surface area (Å²) >= 11 is 0. The summed E-state index contributed by atoms with van der Waals surface area (Å²) < 4.78 is 0. The third-order valence-corrected chi connectivity index (χ3v) is 8.07. The van der Waals surface area contributed by atoms with Gasteiger partial charge in [0.1, 0.15) is 5.82 Å². The average Bonchev–Trinajstić information content (AvgIpc) is 3.43. The maximum atomic E-state index is 6.76. The lowest BCUT2D eigenvalue weighted by molar-refractivity contribution is 0.187. The smallest absolute Gasteiger partial charge is 0.183 e. The third-order valence-electron chi connectivity index (χ3n) is 8.07. The summed E-state index contributed by atoms with van der Waals surface area (Å²) in [6, 6.07) is 8.77. The van der Waals surface area contributed by atoms with E-state index in [1.54, 1.807) is 0 Å². The zero-order valence-corrected chi connectivity index (χ0v) is 20.2. The van der Waals surface area contributed by atoms with Gasteiger partial charge in [0, 0.05) is 25.7 Å².